The number of aryl methyl sites for hydroxylation is 1. The van der Waals surface area contributed by atoms with Gasteiger partial charge in [0.2, 0.25) is 0 Å². The first-order valence-corrected chi connectivity index (χ1v) is 5.32. The van der Waals surface area contributed by atoms with Gasteiger partial charge in [-0.25, -0.2) is 0 Å². The number of rotatable bonds is 3. The third-order valence-corrected chi connectivity index (χ3v) is 2.38. The molecule has 0 spiro atoms. The van der Waals surface area contributed by atoms with E-state index in [1.165, 1.54) is 0 Å². The van der Waals surface area contributed by atoms with Crippen LogP contribution in [0.25, 0.3) is 0 Å². The molecule has 0 radical (unpaired) electrons. The van der Waals surface area contributed by atoms with Gasteiger partial charge in [0.25, 0.3) is 0 Å². The molecule has 0 fully saturated rings. The molecule has 4 heteroatoms. The lowest BCUT2D eigenvalue weighted by Gasteiger charge is -2.05. The first-order chi connectivity index (χ1) is 8.27. The quantitative estimate of drug-likeness (QED) is 0.494. The molecule has 0 aliphatic carbocycles. The molecule has 1 N–H and O–H groups in total. The van der Waals surface area contributed by atoms with Gasteiger partial charge in [-0.1, -0.05) is 36.4 Å². The highest BCUT2D eigenvalue weighted by molar-refractivity contribution is 5.49. The van der Waals surface area contributed by atoms with Crippen molar-refractivity contribution in [3.63, 3.8) is 0 Å². The highest BCUT2D eigenvalue weighted by atomic mass is 16.5. The Kier molecular flexibility index (Phi) is 3.35. The number of benzene rings is 2. The van der Waals surface area contributed by atoms with Gasteiger partial charge in [0, 0.05) is 0 Å². The van der Waals surface area contributed by atoms with Gasteiger partial charge >= 0.3 is 0 Å². The van der Waals surface area contributed by atoms with Gasteiger partial charge in [0.05, 0.1) is 5.22 Å². The molecule has 0 saturated carbocycles. The van der Waals surface area contributed by atoms with Crippen molar-refractivity contribution < 1.29 is 4.86 Å². The van der Waals surface area contributed by atoms with Crippen molar-refractivity contribution in [1.29, 1.82) is 0 Å². The predicted molar refractivity (Wildman–Crippen MR) is 67.0 cm³/mol. The molecule has 0 amide bonds. The maximum atomic E-state index is 11.6. The van der Waals surface area contributed by atoms with E-state index in [2.05, 4.69) is 10.6 Å². The molecule has 86 valence electrons. The molecule has 0 heterocycles. The fraction of sp³-hybridized carbons (Fsp3) is 0.0769. The van der Waals surface area contributed by atoms with Crippen LogP contribution in [0.2, 0.25) is 0 Å². The second-order valence-corrected chi connectivity index (χ2v) is 3.64. The molecule has 0 aliphatic rings. The summed E-state index contributed by atoms with van der Waals surface area (Å²) in [4.78, 5) is 0.562. The van der Waals surface area contributed by atoms with Crippen LogP contribution in [-0.2, 0) is 0 Å². The summed E-state index contributed by atoms with van der Waals surface area (Å²) < 4.78 is 0. The van der Waals surface area contributed by atoms with Crippen LogP contribution in [0.15, 0.2) is 59.8 Å². The molecule has 2 rings (SSSR count). The van der Waals surface area contributed by atoms with Gasteiger partial charge < -0.3 is 5.21 Å². The molecule has 0 atom stereocenters. The fourth-order valence-electron chi connectivity index (χ4n) is 1.41. The average Bonchev–Trinajstić information content (AvgIpc) is 2.38. The molecule has 0 unspecified atom stereocenters. The summed E-state index contributed by atoms with van der Waals surface area (Å²) in [5, 5.41) is 15.4. The SMILES string of the molecule is Cc1ccccc1N/N=[N+](\[O-])c1ccccc1. The van der Waals surface area contributed by atoms with Gasteiger partial charge in [-0.3, -0.25) is 0 Å². The Morgan fingerprint density at radius 3 is 2.35 bits per heavy atom. The lowest BCUT2D eigenvalue weighted by atomic mass is 10.2. The minimum Gasteiger partial charge on any atom is -0.691 e. The number of para-hydroxylation sites is 2. The van der Waals surface area contributed by atoms with Crippen molar-refractivity contribution in [2.45, 2.75) is 6.92 Å². The number of anilines is 1. The Balaban J connectivity index is 2.14. The van der Waals surface area contributed by atoms with Crippen molar-refractivity contribution in [1.82, 2.24) is 0 Å². The second kappa shape index (κ2) is 5.12. The van der Waals surface area contributed by atoms with E-state index in [1.54, 1.807) is 24.3 Å². The summed E-state index contributed by atoms with van der Waals surface area (Å²) in [6.07, 6.45) is 0. The molecule has 4 nitrogen and oxygen atoms in total. The number of nitrogens with one attached hydrogen (secondary N) is 1. The largest absolute Gasteiger partial charge is 0.691 e. The Morgan fingerprint density at radius 2 is 1.65 bits per heavy atom. The molecule has 0 bridgehead atoms. The van der Waals surface area contributed by atoms with E-state index in [9.17, 15) is 5.21 Å². The van der Waals surface area contributed by atoms with Crippen molar-refractivity contribution in [3.8, 4) is 0 Å². The Labute approximate surface area is 99.8 Å². The summed E-state index contributed by atoms with van der Waals surface area (Å²) >= 11 is 0. The molecule has 2 aromatic rings. The van der Waals surface area contributed by atoms with Crippen molar-refractivity contribution in [2.24, 2.45) is 5.22 Å². The maximum Gasteiger partial charge on any atom is 0.154 e. The monoisotopic (exact) mass is 227 g/mol. The van der Waals surface area contributed by atoms with Gasteiger partial charge in [-0.15, -0.1) is 10.3 Å². The van der Waals surface area contributed by atoms with Crippen LogP contribution in [0.5, 0.6) is 0 Å². The molecular weight excluding hydrogens is 214 g/mol. The van der Waals surface area contributed by atoms with Crippen LogP contribution < -0.4 is 5.43 Å². The standard InChI is InChI=1S/C13H13N3O/c1-11-7-5-6-10-13(11)14-15-16(17)12-8-3-2-4-9-12/h2-10,14H,1H3/b16-15-. The zero-order valence-corrected chi connectivity index (χ0v) is 9.50. The predicted octanol–water partition coefficient (Wildman–Crippen LogP) is 3.62. The van der Waals surface area contributed by atoms with E-state index in [4.69, 9.17) is 0 Å². The molecule has 2 aromatic carbocycles. The summed E-state index contributed by atoms with van der Waals surface area (Å²) in [6, 6.07) is 16.5. The molecule has 0 saturated heterocycles. The van der Waals surface area contributed by atoms with Crippen molar-refractivity contribution >= 4 is 11.4 Å². The highest BCUT2D eigenvalue weighted by Crippen LogP contribution is 2.14. The van der Waals surface area contributed by atoms with Crippen LogP contribution >= 0.6 is 0 Å². The maximum absolute atomic E-state index is 11.6. The summed E-state index contributed by atoms with van der Waals surface area (Å²) in [6.45, 7) is 1.95. The summed E-state index contributed by atoms with van der Waals surface area (Å²) in [5.74, 6) is 0. The van der Waals surface area contributed by atoms with E-state index in [1.807, 2.05) is 37.3 Å². The molecule has 0 aliphatic heterocycles. The molecule has 17 heavy (non-hydrogen) atoms. The lowest BCUT2D eigenvalue weighted by Crippen LogP contribution is -1.98. The first kappa shape index (κ1) is 11.1. The van der Waals surface area contributed by atoms with E-state index < -0.39 is 0 Å². The third kappa shape index (κ3) is 2.81. The van der Waals surface area contributed by atoms with Gasteiger partial charge in [-0.05, 0) is 30.7 Å². The lowest BCUT2D eigenvalue weighted by molar-refractivity contribution is -0.439. The first-order valence-electron chi connectivity index (χ1n) is 5.32. The number of nitrogens with zero attached hydrogens (tertiary/aromatic N) is 2. The van der Waals surface area contributed by atoms with Crippen LogP contribution in [0.1, 0.15) is 5.56 Å². The van der Waals surface area contributed by atoms with Gasteiger partial charge in [-0.2, -0.15) is 0 Å². The Morgan fingerprint density at radius 1 is 1.00 bits per heavy atom. The average molecular weight is 227 g/mol. The zero-order chi connectivity index (χ0) is 12.1. The van der Waals surface area contributed by atoms with E-state index in [0.29, 0.717) is 10.5 Å². The molecule has 0 aromatic heterocycles. The highest BCUT2D eigenvalue weighted by Gasteiger charge is 2.00. The summed E-state index contributed by atoms with van der Waals surface area (Å²) in [7, 11) is 0. The number of hydrogen-bond donors (Lipinski definition) is 1. The Bertz CT molecular complexity index is 523. The fourth-order valence-corrected chi connectivity index (χ4v) is 1.41. The zero-order valence-electron chi connectivity index (χ0n) is 9.50. The molecular formula is C13H13N3O. The smallest absolute Gasteiger partial charge is 0.154 e. The Hall–Kier alpha value is -2.36. The number of hydrogen-bond acceptors (Lipinski definition) is 2. The van der Waals surface area contributed by atoms with Crippen LogP contribution in [0.3, 0.4) is 0 Å². The van der Waals surface area contributed by atoms with Crippen LogP contribution in [0.4, 0.5) is 11.4 Å². The normalized spacial score (nSPS) is 11.2. The topological polar surface area (TPSA) is 50.5 Å². The second-order valence-electron chi connectivity index (χ2n) is 3.64. The van der Waals surface area contributed by atoms with E-state index >= 15 is 0 Å². The minimum absolute atomic E-state index is 0.494. The van der Waals surface area contributed by atoms with Crippen LogP contribution in [0, 0.1) is 12.1 Å². The minimum atomic E-state index is 0.494. The van der Waals surface area contributed by atoms with Gasteiger partial charge in [0.1, 0.15) is 5.69 Å². The van der Waals surface area contributed by atoms with Crippen molar-refractivity contribution in [3.05, 3.63) is 65.4 Å². The van der Waals surface area contributed by atoms with E-state index in [-0.39, 0.29) is 0 Å². The van der Waals surface area contributed by atoms with E-state index in [0.717, 1.165) is 11.3 Å². The van der Waals surface area contributed by atoms with Crippen LogP contribution in [-0.4, -0.2) is 4.86 Å². The summed E-state index contributed by atoms with van der Waals surface area (Å²) in [5.41, 5.74) is 5.11. The van der Waals surface area contributed by atoms with Gasteiger partial charge in [0.15, 0.2) is 5.69 Å². The van der Waals surface area contributed by atoms with Crippen molar-refractivity contribution in [2.75, 3.05) is 5.43 Å². The third-order valence-electron chi connectivity index (χ3n) is 2.38.